The molecule has 13 heavy (non-hydrogen) atoms. The third-order valence-corrected chi connectivity index (χ3v) is 2.63. The number of nitrogens with zero attached hydrogens (tertiary/aromatic N) is 1. The number of terminal acetylenes is 1. The summed E-state index contributed by atoms with van der Waals surface area (Å²) in [4.78, 5) is 17.2. The molecule has 0 aromatic rings. The van der Waals surface area contributed by atoms with Gasteiger partial charge in [-0.3, -0.25) is 4.57 Å². The molecule has 0 radical (unpaired) electrons. The van der Waals surface area contributed by atoms with Crippen molar-refractivity contribution in [3.05, 3.63) is 0 Å². The first-order chi connectivity index (χ1) is 5.77. The number of hydrogen-bond donors (Lipinski definition) is 2. The van der Waals surface area contributed by atoms with E-state index >= 15 is 0 Å². The lowest BCUT2D eigenvalue weighted by Crippen LogP contribution is -2.40. The predicted molar refractivity (Wildman–Crippen MR) is 52.2 cm³/mol. The van der Waals surface area contributed by atoms with Gasteiger partial charge in [0, 0.05) is 6.42 Å². The summed E-state index contributed by atoms with van der Waals surface area (Å²) in [5.74, 6) is 2.53. The van der Waals surface area contributed by atoms with Gasteiger partial charge in [0.05, 0.1) is 26.8 Å². The minimum Gasteiger partial charge on any atom is -0.324 e. The molecule has 0 aliphatic heterocycles. The molecule has 0 aromatic heterocycles. The van der Waals surface area contributed by atoms with Crippen molar-refractivity contribution in [3.8, 4) is 12.3 Å². The van der Waals surface area contributed by atoms with Crippen LogP contribution in [0.15, 0.2) is 0 Å². The van der Waals surface area contributed by atoms with Gasteiger partial charge in [-0.05, 0) is 5.92 Å². The van der Waals surface area contributed by atoms with Gasteiger partial charge in [0.1, 0.15) is 6.54 Å². The summed E-state index contributed by atoms with van der Waals surface area (Å²) >= 11 is 0. The van der Waals surface area contributed by atoms with E-state index in [2.05, 4.69) is 5.92 Å². The third-order valence-electron chi connectivity index (χ3n) is 1.73. The number of quaternary nitrogens is 1. The molecule has 0 aliphatic rings. The molecule has 76 valence electrons. The molecule has 5 heteroatoms. The highest BCUT2D eigenvalue weighted by atomic mass is 31.2. The van der Waals surface area contributed by atoms with Gasteiger partial charge in [0.15, 0.2) is 0 Å². The Morgan fingerprint density at radius 3 is 2.38 bits per heavy atom. The van der Waals surface area contributed by atoms with Crippen LogP contribution >= 0.6 is 7.60 Å². The molecule has 0 saturated carbocycles. The van der Waals surface area contributed by atoms with E-state index in [1.165, 1.54) is 0 Å². The highest BCUT2D eigenvalue weighted by molar-refractivity contribution is 7.51. The second-order valence-corrected chi connectivity index (χ2v) is 5.54. The smallest absolute Gasteiger partial charge is 0.324 e. The molecule has 0 amide bonds. The van der Waals surface area contributed by atoms with E-state index in [0.29, 0.717) is 24.0 Å². The van der Waals surface area contributed by atoms with E-state index in [0.717, 1.165) is 0 Å². The summed E-state index contributed by atoms with van der Waals surface area (Å²) < 4.78 is 11.1. The summed E-state index contributed by atoms with van der Waals surface area (Å²) in [5.41, 5.74) is 0. The van der Waals surface area contributed by atoms with Crippen LogP contribution in [0.2, 0.25) is 0 Å². The van der Waals surface area contributed by atoms with E-state index in [-0.39, 0.29) is 6.16 Å². The molecule has 0 unspecified atom stereocenters. The van der Waals surface area contributed by atoms with Crippen LogP contribution in [-0.4, -0.2) is 47.6 Å². The number of rotatable bonds is 5. The van der Waals surface area contributed by atoms with E-state index in [9.17, 15) is 4.57 Å². The second-order valence-electron chi connectivity index (χ2n) is 3.76. The van der Waals surface area contributed by atoms with Gasteiger partial charge in [-0.25, -0.2) is 0 Å². The maximum atomic E-state index is 10.5. The van der Waals surface area contributed by atoms with Crippen LogP contribution in [0.25, 0.3) is 0 Å². The van der Waals surface area contributed by atoms with Crippen molar-refractivity contribution in [2.75, 3.05) is 33.3 Å². The molecule has 0 aliphatic carbocycles. The zero-order chi connectivity index (χ0) is 10.5. The largest absolute Gasteiger partial charge is 0.325 e. The van der Waals surface area contributed by atoms with Gasteiger partial charge in [0.25, 0.3) is 0 Å². The van der Waals surface area contributed by atoms with E-state index in [1.807, 2.05) is 14.1 Å². The monoisotopic (exact) mass is 206 g/mol. The minimum absolute atomic E-state index is 0.0563. The fourth-order valence-electron chi connectivity index (χ4n) is 1.03. The molecule has 0 spiro atoms. The molecule has 2 N–H and O–H groups in total. The first kappa shape index (κ1) is 12.7. The Morgan fingerprint density at radius 2 is 2.00 bits per heavy atom. The molecular weight excluding hydrogens is 189 g/mol. The average Bonchev–Trinajstić information content (AvgIpc) is 1.82. The van der Waals surface area contributed by atoms with Crippen molar-refractivity contribution >= 4 is 7.60 Å². The van der Waals surface area contributed by atoms with E-state index < -0.39 is 7.60 Å². The molecule has 0 heterocycles. The predicted octanol–water partition coefficient (Wildman–Crippen LogP) is 0.264. The van der Waals surface area contributed by atoms with Crippen LogP contribution in [0.4, 0.5) is 0 Å². The summed E-state index contributed by atoms with van der Waals surface area (Å²) in [6, 6.07) is 0. The van der Waals surface area contributed by atoms with Crippen LogP contribution < -0.4 is 0 Å². The summed E-state index contributed by atoms with van der Waals surface area (Å²) in [6.07, 6.45) is 5.60. The first-order valence-electron chi connectivity index (χ1n) is 4.07. The van der Waals surface area contributed by atoms with Crippen LogP contribution in [0.1, 0.15) is 6.42 Å². The molecule has 0 fully saturated rings. The molecule has 0 bridgehead atoms. The van der Waals surface area contributed by atoms with Crippen molar-refractivity contribution in [2.24, 2.45) is 0 Å². The minimum atomic E-state index is -3.83. The Hall–Kier alpha value is -0.330. The maximum Gasteiger partial charge on any atom is 0.325 e. The fourth-order valence-corrected chi connectivity index (χ4v) is 1.58. The fraction of sp³-hybridized carbons (Fsp3) is 0.750. The second kappa shape index (κ2) is 4.78. The van der Waals surface area contributed by atoms with E-state index in [1.54, 1.807) is 0 Å². The Bertz CT molecular complexity index is 238. The highest BCUT2D eigenvalue weighted by Crippen LogP contribution is 2.34. The normalized spacial score (nSPS) is 12.5. The van der Waals surface area contributed by atoms with Crippen molar-refractivity contribution in [1.29, 1.82) is 0 Å². The quantitative estimate of drug-likeness (QED) is 0.385. The molecule has 0 aromatic carbocycles. The molecule has 4 nitrogen and oxygen atoms in total. The van der Waals surface area contributed by atoms with Crippen LogP contribution in [0.5, 0.6) is 0 Å². The summed E-state index contributed by atoms with van der Waals surface area (Å²) in [6.45, 7) is 1.27. The lowest BCUT2D eigenvalue weighted by molar-refractivity contribution is -0.883. The highest BCUT2D eigenvalue weighted by Gasteiger charge is 2.17. The Kier molecular flexibility index (Phi) is 4.66. The lowest BCUT2D eigenvalue weighted by Gasteiger charge is -2.27. The topological polar surface area (TPSA) is 57.5 Å². The van der Waals surface area contributed by atoms with E-state index in [4.69, 9.17) is 16.2 Å². The van der Waals surface area contributed by atoms with Gasteiger partial charge < -0.3 is 14.3 Å². The van der Waals surface area contributed by atoms with Gasteiger partial charge in [-0.2, -0.15) is 0 Å². The third kappa shape index (κ3) is 8.01. The zero-order valence-electron chi connectivity index (χ0n) is 8.10. The van der Waals surface area contributed by atoms with Crippen molar-refractivity contribution in [3.63, 3.8) is 0 Å². The Morgan fingerprint density at radius 1 is 1.46 bits per heavy atom. The number of hydrogen-bond acceptors (Lipinski definition) is 1. The van der Waals surface area contributed by atoms with Gasteiger partial charge >= 0.3 is 7.60 Å². The Labute approximate surface area is 79.3 Å². The SMILES string of the molecule is C#CC[N+](C)(C)CCCP(=O)(O)O. The summed E-state index contributed by atoms with van der Waals surface area (Å²) in [5, 5.41) is 0. The molecule has 0 atom stereocenters. The maximum absolute atomic E-state index is 10.5. The van der Waals surface area contributed by atoms with Crippen LogP contribution in [0, 0.1) is 12.3 Å². The van der Waals surface area contributed by atoms with Crippen molar-refractivity contribution < 1.29 is 18.8 Å². The van der Waals surface area contributed by atoms with Gasteiger partial charge in [-0.1, -0.05) is 0 Å². The van der Waals surface area contributed by atoms with Gasteiger partial charge in [-0.15, -0.1) is 6.42 Å². The van der Waals surface area contributed by atoms with Gasteiger partial charge in [0.2, 0.25) is 0 Å². The average molecular weight is 206 g/mol. The van der Waals surface area contributed by atoms with Crippen LogP contribution in [-0.2, 0) is 4.57 Å². The van der Waals surface area contributed by atoms with Crippen molar-refractivity contribution in [1.82, 2.24) is 0 Å². The lowest BCUT2D eigenvalue weighted by atomic mass is 10.4. The molecule has 0 rings (SSSR count). The Balaban J connectivity index is 3.78. The standard InChI is InChI=1S/C8H16NO3P/c1-4-6-9(2,3)7-5-8-13(10,11)12/h1H,5-8H2,2-3H3,(H-,10,11,12)/p+1. The first-order valence-corrected chi connectivity index (χ1v) is 5.87. The van der Waals surface area contributed by atoms with Crippen LogP contribution in [0.3, 0.4) is 0 Å². The zero-order valence-corrected chi connectivity index (χ0v) is 9.00. The van der Waals surface area contributed by atoms with Crippen molar-refractivity contribution in [2.45, 2.75) is 6.42 Å². The molecular formula is C8H17NO3P+. The molecule has 0 saturated heterocycles. The summed E-state index contributed by atoms with van der Waals surface area (Å²) in [7, 11) is 0.0556.